The Bertz CT molecular complexity index is 593. The molecule has 1 aromatic carbocycles. The third kappa shape index (κ3) is 4.43. The fraction of sp³-hybridized carbons (Fsp3) is 0.412. The third-order valence-electron chi connectivity index (χ3n) is 3.53. The predicted molar refractivity (Wildman–Crippen MR) is 85.9 cm³/mol. The molecule has 2 aromatic rings. The number of benzene rings is 1. The van der Waals surface area contributed by atoms with Crippen LogP contribution in [0.2, 0.25) is 0 Å². The molecule has 118 valence electrons. The lowest BCUT2D eigenvalue weighted by atomic mass is 9.97. The van der Waals surface area contributed by atoms with Crippen molar-refractivity contribution in [3.63, 3.8) is 0 Å². The molecule has 1 atom stereocenters. The summed E-state index contributed by atoms with van der Waals surface area (Å²) in [6.45, 7) is 5.08. The largest absolute Gasteiger partial charge is 0.481 e. The number of aromatic nitrogens is 2. The lowest BCUT2D eigenvalue weighted by Gasteiger charge is -2.15. The van der Waals surface area contributed by atoms with E-state index < -0.39 is 5.97 Å². The van der Waals surface area contributed by atoms with E-state index in [4.69, 9.17) is 0 Å². The molecule has 0 amide bonds. The van der Waals surface area contributed by atoms with E-state index in [0.717, 1.165) is 11.5 Å². The maximum atomic E-state index is 11.3. The van der Waals surface area contributed by atoms with Crippen LogP contribution in [-0.2, 0) is 11.3 Å². The summed E-state index contributed by atoms with van der Waals surface area (Å²) in [5.74, 6) is 0.141. The number of hydrogen-bond acceptors (Lipinski definition) is 3. The molecule has 0 aliphatic heterocycles. The number of hydrogen-bond donors (Lipinski definition) is 2. The van der Waals surface area contributed by atoms with Crippen molar-refractivity contribution in [2.45, 2.75) is 26.8 Å². The second kappa shape index (κ2) is 7.75. The Balaban J connectivity index is 1.95. The van der Waals surface area contributed by atoms with Crippen LogP contribution in [0.4, 0.5) is 0 Å². The third-order valence-corrected chi connectivity index (χ3v) is 3.53. The summed E-state index contributed by atoms with van der Waals surface area (Å²) in [4.78, 5) is 15.6. The molecule has 0 saturated heterocycles. The van der Waals surface area contributed by atoms with Crippen molar-refractivity contribution in [3.05, 3.63) is 48.5 Å². The van der Waals surface area contributed by atoms with Gasteiger partial charge in [-0.25, -0.2) is 4.98 Å². The van der Waals surface area contributed by atoms with Crippen LogP contribution in [0.3, 0.4) is 0 Å². The standard InChI is InChI=1S/C17H23N3O2/c1-13(2)10-14(17(21)22)11-18-12-16-19-8-9-20(16)15-6-4-3-5-7-15/h3-9,13-14,18H,10-12H2,1-2H3,(H,21,22). The van der Waals surface area contributed by atoms with Gasteiger partial charge in [-0.05, 0) is 24.5 Å². The van der Waals surface area contributed by atoms with Crippen molar-refractivity contribution in [3.8, 4) is 5.69 Å². The number of nitrogens with one attached hydrogen (secondary N) is 1. The fourth-order valence-corrected chi connectivity index (χ4v) is 2.49. The molecule has 0 bridgehead atoms. The molecule has 22 heavy (non-hydrogen) atoms. The molecular weight excluding hydrogens is 278 g/mol. The monoisotopic (exact) mass is 301 g/mol. The lowest BCUT2D eigenvalue weighted by Crippen LogP contribution is -2.30. The van der Waals surface area contributed by atoms with E-state index in [2.05, 4.69) is 10.3 Å². The summed E-state index contributed by atoms with van der Waals surface area (Å²) < 4.78 is 2.01. The molecule has 0 fully saturated rings. The number of carboxylic acids is 1. The van der Waals surface area contributed by atoms with Gasteiger partial charge in [0.05, 0.1) is 12.5 Å². The van der Waals surface area contributed by atoms with Gasteiger partial charge in [-0.15, -0.1) is 0 Å². The van der Waals surface area contributed by atoms with Crippen LogP contribution in [-0.4, -0.2) is 27.2 Å². The molecule has 2 rings (SSSR count). The zero-order valence-corrected chi connectivity index (χ0v) is 13.1. The highest BCUT2D eigenvalue weighted by molar-refractivity contribution is 5.70. The lowest BCUT2D eigenvalue weighted by molar-refractivity contribution is -0.142. The van der Waals surface area contributed by atoms with Crippen LogP contribution < -0.4 is 5.32 Å². The van der Waals surface area contributed by atoms with Crippen LogP contribution in [0.25, 0.3) is 5.69 Å². The fourth-order valence-electron chi connectivity index (χ4n) is 2.49. The predicted octanol–water partition coefficient (Wildman–Crippen LogP) is 2.71. The Hall–Kier alpha value is -2.14. The number of aliphatic carboxylic acids is 1. The molecule has 5 nitrogen and oxygen atoms in total. The van der Waals surface area contributed by atoms with Gasteiger partial charge >= 0.3 is 5.97 Å². The average Bonchev–Trinajstić information content (AvgIpc) is 2.95. The van der Waals surface area contributed by atoms with Crippen molar-refractivity contribution in [1.29, 1.82) is 0 Å². The van der Waals surface area contributed by atoms with Gasteiger partial charge in [0, 0.05) is 24.6 Å². The first kappa shape index (κ1) is 16.2. The van der Waals surface area contributed by atoms with Crippen LogP contribution >= 0.6 is 0 Å². The van der Waals surface area contributed by atoms with E-state index in [-0.39, 0.29) is 5.92 Å². The Kier molecular flexibility index (Phi) is 5.72. The Labute approximate surface area is 131 Å². The topological polar surface area (TPSA) is 67.2 Å². The number of imidazole rings is 1. The number of rotatable bonds is 8. The number of para-hydroxylation sites is 1. The Morgan fingerprint density at radius 2 is 2.05 bits per heavy atom. The van der Waals surface area contributed by atoms with E-state index in [9.17, 15) is 9.90 Å². The van der Waals surface area contributed by atoms with Gasteiger partial charge in [-0.3, -0.25) is 4.79 Å². The van der Waals surface area contributed by atoms with Crippen molar-refractivity contribution in [2.75, 3.05) is 6.54 Å². The summed E-state index contributed by atoms with van der Waals surface area (Å²) in [6, 6.07) is 9.97. The summed E-state index contributed by atoms with van der Waals surface area (Å²) in [5, 5.41) is 12.5. The molecular formula is C17H23N3O2. The highest BCUT2D eigenvalue weighted by Gasteiger charge is 2.18. The van der Waals surface area contributed by atoms with Crippen molar-refractivity contribution < 1.29 is 9.90 Å². The summed E-state index contributed by atoms with van der Waals surface area (Å²) in [7, 11) is 0. The minimum Gasteiger partial charge on any atom is -0.481 e. The van der Waals surface area contributed by atoms with Gasteiger partial charge in [0.25, 0.3) is 0 Å². The van der Waals surface area contributed by atoms with Gasteiger partial charge in [-0.1, -0.05) is 32.0 Å². The zero-order valence-electron chi connectivity index (χ0n) is 13.1. The van der Waals surface area contributed by atoms with E-state index in [1.807, 2.05) is 54.9 Å². The van der Waals surface area contributed by atoms with E-state index in [1.54, 1.807) is 6.20 Å². The minimum atomic E-state index is -0.743. The quantitative estimate of drug-likeness (QED) is 0.786. The van der Waals surface area contributed by atoms with Crippen molar-refractivity contribution in [1.82, 2.24) is 14.9 Å². The smallest absolute Gasteiger partial charge is 0.307 e. The first-order valence-corrected chi connectivity index (χ1v) is 7.59. The Morgan fingerprint density at radius 3 is 2.68 bits per heavy atom. The van der Waals surface area contributed by atoms with E-state index in [0.29, 0.717) is 25.4 Å². The molecule has 0 spiro atoms. The van der Waals surface area contributed by atoms with Crippen molar-refractivity contribution in [2.24, 2.45) is 11.8 Å². The number of carboxylic acid groups (broad SMARTS) is 1. The van der Waals surface area contributed by atoms with E-state index in [1.165, 1.54) is 0 Å². The van der Waals surface area contributed by atoms with Crippen LogP contribution in [0, 0.1) is 11.8 Å². The number of nitrogens with zero attached hydrogens (tertiary/aromatic N) is 2. The molecule has 2 N–H and O–H groups in total. The molecule has 1 unspecified atom stereocenters. The van der Waals surface area contributed by atoms with Gasteiger partial charge < -0.3 is 15.0 Å². The Morgan fingerprint density at radius 1 is 1.32 bits per heavy atom. The summed E-state index contributed by atoms with van der Waals surface area (Å²) >= 11 is 0. The minimum absolute atomic E-state index is 0.361. The van der Waals surface area contributed by atoms with Crippen LogP contribution in [0.5, 0.6) is 0 Å². The second-order valence-electron chi connectivity index (χ2n) is 5.84. The molecule has 1 aromatic heterocycles. The maximum absolute atomic E-state index is 11.3. The summed E-state index contributed by atoms with van der Waals surface area (Å²) in [6.07, 6.45) is 4.34. The van der Waals surface area contributed by atoms with Crippen LogP contribution in [0.15, 0.2) is 42.7 Å². The molecule has 0 radical (unpaired) electrons. The molecule has 1 heterocycles. The average molecular weight is 301 g/mol. The molecule has 5 heteroatoms. The zero-order chi connectivity index (χ0) is 15.9. The van der Waals surface area contributed by atoms with Crippen molar-refractivity contribution >= 4 is 5.97 Å². The van der Waals surface area contributed by atoms with Gasteiger partial charge in [0.1, 0.15) is 5.82 Å². The molecule has 0 aliphatic rings. The van der Waals surface area contributed by atoms with Gasteiger partial charge in [0.2, 0.25) is 0 Å². The first-order valence-electron chi connectivity index (χ1n) is 7.59. The highest BCUT2D eigenvalue weighted by Crippen LogP contribution is 2.12. The second-order valence-corrected chi connectivity index (χ2v) is 5.84. The summed E-state index contributed by atoms with van der Waals surface area (Å²) in [5.41, 5.74) is 1.05. The van der Waals surface area contributed by atoms with Crippen LogP contribution in [0.1, 0.15) is 26.1 Å². The van der Waals surface area contributed by atoms with E-state index >= 15 is 0 Å². The number of carbonyl (C=O) groups is 1. The SMILES string of the molecule is CC(C)CC(CNCc1nccn1-c1ccccc1)C(=O)O. The van der Waals surface area contributed by atoms with Gasteiger partial charge in [-0.2, -0.15) is 0 Å². The molecule has 0 saturated carbocycles. The maximum Gasteiger partial charge on any atom is 0.307 e. The highest BCUT2D eigenvalue weighted by atomic mass is 16.4. The molecule has 0 aliphatic carbocycles. The van der Waals surface area contributed by atoms with Gasteiger partial charge in [0.15, 0.2) is 0 Å². The normalized spacial score (nSPS) is 12.5. The first-order chi connectivity index (χ1) is 10.6.